The third kappa shape index (κ3) is 4.75. The molecule has 0 aromatic heterocycles. The second kappa shape index (κ2) is 9.26. The second-order valence-electron chi connectivity index (χ2n) is 6.38. The highest BCUT2D eigenvalue weighted by molar-refractivity contribution is 7.80. The fourth-order valence-corrected chi connectivity index (χ4v) is 3.50. The molecule has 4 atom stereocenters. The quantitative estimate of drug-likeness (QED) is 0.598. The molecule has 0 unspecified atom stereocenters. The highest BCUT2D eigenvalue weighted by Gasteiger charge is 2.49. The Labute approximate surface area is 169 Å². The Morgan fingerprint density at radius 2 is 1.82 bits per heavy atom. The lowest BCUT2D eigenvalue weighted by molar-refractivity contribution is 0.00425. The molecule has 2 aliphatic heterocycles. The van der Waals surface area contributed by atoms with Crippen LogP contribution in [0.15, 0.2) is 18.2 Å². The lowest BCUT2D eigenvalue weighted by Gasteiger charge is -2.20. The molecule has 0 aliphatic carbocycles. The third-order valence-electron chi connectivity index (χ3n) is 4.51. The van der Waals surface area contributed by atoms with Crippen LogP contribution in [0.3, 0.4) is 0 Å². The van der Waals surface area contributed by atoms with Gasteiger partial charge in [0.1, 0.15) is 23.7 Å². The summed E-state index contributed by atoms with van der Waals surface area (Å²) in [6.07, 6.45) is -1.48. The summed E-state index contributed by atoms with van der Waals surface area (Å²) >= 11 is 5.42. The number of ether oxygens (including phenoxy) is 5. The van der Waals surface area contributed by atoms with E-state index in [1.54, 1.807) is 20.3 Å². The smallest absolute Gasteiger partial charge is 0.407 e. The van der Waals surface area contributed by atoms with Gasteiger partial charge in [0.2, 0.25) is 0 Å². The number of carbonyl (C=O) groups excluding carboxylic acids is 1. The average Bonchev–Trinajstić information content (AvgIpc) is 3.25. The summed E-state index contributed by atoms with van der Waals surface area (Å²) < 4.78 is 27.5. The van der Waals surface area contributed by atoms with E-state index in [9.17, 15) is 4.79 Å². The maximum Gasteiger partial charge on any atom is 0.407 e. The second-order valence-corrected chi connectivity index (χ2v) is 6.78. The standard InChI is InChI=1S/C18H25N3O6S/c1-4-19-18(22)27-14-9-26-15-13(8-25-16(14)15)21-17(28)20-10-5-11(23-2)7-12(6-10)24-3/h5-7,13-16H,4,8-9H2,1-3H3,(H,19,22)(H2,20,21,28)/t13-,14-,15-,16+/m0/s1. The van der Waals surface area contributed by atoms with Crippen LogP contribution in [0.5, 0.6) is 11.5 Å². The van der Waals surface area contributed by atoms with E-state index in [1.807, 2.05) is 19.1 Å². The molecule has 28 heavy (non-hydrogen) atoms. The molecule has 0 spiro atoms. The van der Waals surface area contributed by atoms with Crippen LogP contribution >= 0.6 is 12.2 Å². The summed E-state index contributed by atoms with van der Waals surface area (Å²) in [6.45, 7) is 3.01. The van der Waals surface area contributed by atoms with Gasteiger partial charge in [0.05, 0.1) is 33.5 Å². The van der Waals surface area contributed by atoms with Gasteiger partial charge in [0.25, 0.3) is 0 Å². The number of nitrogens with one attached hydrogen (secondary N) is 3. The zero-order chi connectivity index (χ0) is 20.1. The van der Waals surface area contributed by atoms with E-state index >= 15 is 0 Å². The molecule has 0 radical (unpaired) electrons. The Balaban J connectivity index is 1.55. The Bertz CT molecular complexity index is 696. The van der Waals surface area contributed by atoms with Crippen molar-refractivity contribution >= 4 is 29.1 Å². The molecular weight excluding hydrogens is 386 g/mol. The van der Waals surface area contributed by atoms with E-state index in [4.69, 9.17) is 35.9 Å². The Kier molecular flexibility index (Phi) is 6.76. The van der Waals surface area contributed by atoms with E-state index in [1.165, 1.54) is 0 Å². The van der Waals surface area contributed by atoms with Crippen LogP contribution in [-0.2, 0) is 14.2 Å². The van der Waals surface area contributed by atoms with Crippen LogP contribution in [0.25, 0.3) is 0 Å². The molecule has 1 amide bonds. The maximum absolute atomic E-state index is 11.6. The minimum absolute atomic E-state index is 0.152. The van der Waals surface area contributed by atoms with Crippen LogP contribution < -0.4 is 25.4 Å². The van der Waals surface area contributed by atoms with Crippen LogP contribution in [0.1, 0.15) is 6.92 Å². The molecule has 2 heterocycles. The van der Waals surface area contributed by atoms with Gasteiger partial charge in [-0.05, 0) is 19.1 Å². The number of alkyl carbamates (subject to hydrolysis) is 1. The first kappa shape index (κ1) is 20.4. The summed E-state index contributed by atoms with van der Waals surface area (Å²) in [7, 11) is 3.17. The van der Waals surface area contributed by atoms with Gasteiger partial charge in [0, 0.05) is 30.4 Å². The molecular formula is C18H25N3O6S. The molecule has 1 aromatic rings. The molecule has 0 saturated carbocycles. The van der Waals surface area contributed by atoms with Crippen LogP contribution in [-0.4, -0.2) is 69.5 Å². The minimum Gasteiger partial charge on any atom is -0.497 e. The number of rotatable bonds is 6. The predicted octanol–water partition coefficient (Wildman–Crippen LogP) is 1.27. The van der Waals surface area contributed by atoms with Crippen molar-refractivity contribution in [2.75, 3.05) is 39.3 Å². The van der Waals surface area contributed by atoms with Crippen molar-refractivity contribution in [3.8, 4) is 11.5 Å². The van der Waals surface area contributed by atoms with E-state index in [-0.39, 0.29) is 24.9 Å². The van der Waals surface area contributed by atoms with Gasteiger partial charge < -0.3 is 39.6 Å². The van der Waals surface area contributed by atoms with Gasteiger partial charge in [0.15, 0.2) is 11.2 Å². The highest BCUT2D eigenvalue weighted by atomic mass is 32.1. The first-order valence-electron chi connectivity index (χ1n) is 9.02. The monoisotopic (exact) mass is 411 g/mol. The summed E-state index contributed by atoms with van der Waals surface area (Å²) in [4.78, 5) is 11.6. The first-order chi connectivity index (χ1) is 13.5. The number of amides is 1. The summed E-state index contributed by atoms with van der Waals surface area (Å²) in [5, 5.41) is 9.34. The molecule has 2 saturated heterocycles. The van der Waals surface area contributed by atoms with E-state index in [0.717, 1.165) is 5.69 Å². The number of hydrogen-bond acceptors (Lipinski definition) is 7. The van der Waals surface area contributed by atoms with E-state index in [0.29, 0.717) is 29.8 Å². The zero-order valence-electron chi connectivity index (χ0n) is 16.0. The topological polar surface area (TPSA) is 99.3 Å². The fourth-order valence-electron chi connectivity index (χ4n) is 3.23. The lowest BCUT2D eigenvalue weighted by Crippen LogP contribution is -2.46. The Morgan fingerprint density at radius 1 is 1.14 bits per heavy atom. The SMILES string of the molecule is CCNC(=O)O[C@H]1CO[C@@H]2[C@@H]1OC[C@@H]2NC(=S)Nc1cc(OC)cc(OC)c1. The lowest BCUT2D eigenvalue weighted by atomic mass is 10.1. The molecule has 0 bridgehead atoms. The fraction of sp³-hybridized carbons (Fsp3) is 0.556. The molecule has 3 N–H and O–H groups in total. The Hall–Kier alpha value is -2.30. The first-order valence-corrected chi connectivity index (χ1v) is 9.43. The molecule has 3 rings (SSSR count). The zero-order valence-corrected chi connectivity index (χ0v) is 16.8. The average molecular weight is 411 g/mol. The van der Waals surface area contributed by atoms with Gasteiger partial charge in [-0.25, -0.2) is 4.79 Å². The van der Waals surface area contributed by atoms with Crippen molar-refractivity contribution in [2.45, 2.75) is 31.3 Å². The number of benzene rings is 1. The molecule has 1 aromatic carbocycles. The van der Waals surface area contributed by atoms with Crippen LogP contribution in [0.2, 0.25) is 0 Å². The molecule has 10 heteroatoms. The number of hydrogen-bond donors (Lipinski definition) is 3. The number of carbonyl (C=O) groups is 1. The summed E-state index contributed by atoms with van der Waals surface area (Å²) in [5.41, 5.74) is 0.731. The summed E-state index contributed by atoms with van der Waals surface area (Å²) in [5.74, 6) is 1.30. The number of fused-ring (bicyclic) bond motifs is 1. The van der Waals surface area contributed by atoms with Gasteiger partial charge in [-0.2, -0.15) is 0 Å². The normalized spacial score (nSPS) is 25.5. The van der Waals surface area contributed by atoms with Crippen molar-refractivity contribution in [1.82, 2.24) is 10.6 Å². The van der Waals surface area contributed by atoms with Crippen molar-refractivity contribution in [1.29, 1.82) is 0 Å². The van der Waals surface area contributed by atoms with Crippen molar-refractivity contribution < 1.29 is 28.5 Å². The largest absolute Gasteiger partial charge is 0.497 e. The van der Waals surface area contributed by atoms with Crippen LogP contribution in [0, 0.1) is 0 Å². The molecule has 9 nitrogen and oxygen atoms in total. The third-order valence-corrected chi connectivity index (χ3v) is 4.73. The molecule has 154 valence electrons. The summed E-state index contributed by atoms with van der Waals surface area (Å²) in [6, 6.07) is 5.25. The van der Waals surface area contributed by atoms with Gasteiger partial charge >= 0.3 is 6.09 Å². The van der Waals surface area contributed by atoms with E-state index < -0.39 is 12.2 Å². The van der Waals surface area contributed by atoms with Crippen molar-refractivity contribution in [2.24, 2.45) is 0 Å². The maximum atomic E-state index is 11.6. The van der Waals surface area contributed by atoms with Gasteiger partial charge in [-0.1, -0.05) is 0 Å². The van der Waals surface area contributed by atoms with E-state index in [2.05, 4.69) is 16.0 Å². The number of methoxy groups -OCH3 is 2. The molecule has 2 fully saturated rings. The highest BCUT2D eigenvalue weighted by Crippen LogP contribution is 2.29. The minimum atomic E-state index is -0.471. The molecule has 2 aliphatic rings. The van der Waals surface area contributed by atoms with Crippen molar-refractivity contribution in [3.63, 3.8) is 0 Å². The van der Waals surface area contributed by atoms with Crippen molar-refractivity contribution in [3.05, 3.63) is 18.2 Å². The number of anilines is 1. The Morgan fingerprint density at radius 3 is 2.46 bits per heavy atom. The van der Waals surface area contributed by atoms with Crippen LogP contribution in [0.4, 0.5) is 10.5 Å². The number of thiocarbonyl (C=S) groups is 1. The predicted molar refractivity (Wildman–Crippen MR) is 106 cm³/mol. The van der Waals surface area contributed by atoms with Gasteiger partial charge in [-0.15, -0.1) is 0 Å². The van der Waals surface area contributed by atoms with Gasteiger partial charge in [-0.3, -0.25) is 0 Å².